The van der Waals surface area contributed by atoms with Crippen molar-refractivity contribution in [3.63, 3.8) is 0 Å². The third-order valence-corrected chi connectivity index (χ3v) is 10.9. The van der Waals surface area contributed by atoms with Gasteiger partial charge < -0.3 is 4.90 Å². The van der Waals surface area contributed by atoms with Crippen LogP contribution in [0.4, 0.5) is 5.69 Å². The number of likely N-dealkylation sites (N-methyl/N-ethyl adjacent to an activating group) is 1. The molecule has 1 fully saturated rings. The second kappa shape index (κ2) is 11.8. The van der Waals surface area contributed by atoms with Gasteiger partial charge in [0.25, 0.3) is 11.5 Å². The molecule has 0 N–H and O–H groups in total. The van der Waals surface area contributed by atoms with Gasteiger partial charge in [-0.05, 0) is 60.4 Å². The monoisotopic (exact) mass is 623 g/mol. The van der Waals surface area contributed by atoms with Crippen molar-refractivity contribution in [3.05, 3.63) is 121 Å². The van der Waals surface area contributed by atoms with Crippen LogP contribution < -0.4 is 19.7 Å². The summed E-state index contributed by atoms with van der Waals surface area (Å²) in [5.41, 5.74) is 6.65. The lowest BCUT2D eigenvalue weighted by atomic mass is 9.82. The standard InChI is InChI=1S/C35H33N3O2S3/c1-5-36-27-18-17-25(24-15-11-8-12-16-24)21-26(27)35(3,4)29(36)20-19-28-31(39)37(6-2)33(42-28)30-32(40)38(34(41)43-30)22-23-13-9-7-10-14-23/h7-21H,5-6,22H2,1-4H3/b28-19-,29-20-,33-30+. The molecule has 3 aromatic carbocycles. The van der Waals surface area contributed by atoms with E-state index in [2.05, 4.69) is 74.2 Å². The van der Waals surface area contributed by atoms with Crippen molar-refractivity contribution in [3.8, 4) is 11.1 Å². The van der Waals surface area contributed by atoms with Crippen LogP contribution in [0.5, 0.6) is 0 Å². The van der Waals surface area contributed by atoms with E-state index in [1.54, 1.807) is 9.47 Å². The molecule has 1 amide bonds. The molecular formula is C35H33N3O2S3. The first-order valence-electron chi connectivity index (χ1n) is 14.5. The van der Waals surface area contributed by atoms with E-state index in [1.165, 1.54) is 45.5 Å². The summed E-state index contributed by atoms with van der Waals surface area (Å²) >= 11 is 8.25. The first-order valence-corrected chi connectivity index (χ1v) is 16.5. The number of hydrogen-bond acceptors (Lipinski definition) is 6. The van der Waals surface area contributed by atoms with E-state index in [0.29, 0.717) is 31.5 Å². The zero-order chi connectivity index (χ0) is 30.3. The Morgan fingerprint density at radius 3 is 2.21 bits per heavy atom. The van der Waals surface area contributed by atoms with Crippen LogP contribution in [0.25, 0.3) is 22.1 Å². The number of carbonyl (C=O) groups excluding carboxylic acids is 1. The number of fused-ring (bicyclic) bond motifs is 1. The Bertz CT molecular complexity index is 1940. The predicted octanol–water partition coefficient (Wildman–Crippen LogP) is 6.25. The van der Waals surface area contributed by atoms with E-state index in [9.17, 15) is 9.59 Å². The second-order valence-electron chi connectivity index (χ2n) is 11.1. The van der Waals surface area contributed by atoms with Gasteiger partial charge in [0.15, 0.2) is 0 Å². The van der Waals surface area contributed by atoms with Gasteiger partial charge in [0.05, 0.1) is 11.1 Å². The SMILES string of the molecule is CCN1/C(=C\C=c2/s/c(=C3/SC(=S)N(Cc4ccccc4)C3=O)n(CC)c2=O)C(C)(C)c2cc(-c3ccccc3)ccc21. The zero-order valence-corrected chi connectivity index (χ0v) is 27.1. The van der Waals surface area contributed by atoms with Gasteiger partial charge in [-0.25, -0.2) is 0 Å². The van der Waals surface area contributed by atoms with Crippen LogP contribution >= 0.6 is 35.3 Å². The molecular weight excluding hydrogens is 591 g/mol. The third kappa shape index (κ3) is 5.22. The number of rotatable bonds is 6. The van der Waals surface area contributed by atoms with Gasteiger partial charge in [0.1, 0.15) is 13.9 Å². The number of nitrogens with zero attached hydrogens (tertiary/aromatic N) is 3. The van der Waals surface area contributed by atoms with Crippen LogP contribution in [0.3, 0.4) is 0 Å². The molecule has 43 heavy (non-hydrogen) atoms. The molecule has 4 aromatic rings. The maximum atomic E-state index is 13.6. The van der Waals surface area contributed by atoms with Gasteiger partial charge in [-0.1, -0.05) is 105 Å². The normalized spacial score (nSPS) is 18.7. The zero-order valence-electron chi connectivity index (χ0n) is 24.7. The average molecular weight is 624 g/mol. The van der Waals surface area contributed by atoms with Crippen LogP contribution in [-0.4, -0.2) is 26.2 Å². The van der Waals surface area contributed by atoms with Crippen LogP contribution in [0, 0.1) is 0 Å². The Kier molecular flexibility index (Phi) is 8.02. The fourth-order valence-corrected chi connectivity index (χ4v) is 8.42. The number of hydrogen-bond donors (Lipinski definition) is 0. The summed E-state index contributed by atoms with van der Waals surface area (Å²) in [6.45, 7) is 10.3. The number of anilines is 1. The second-order valence-corrected chi connectivity index (χ2v) is 13.8. The summed E-state index contributed by atoms with van der Waals surface area (Å²) in [6, 6.07) is 26.9. The molecule has 3 heterocycles. The van der Waals surface area contributed by atoms with E-state index in [1.807, 2.05) is 49.4 Å². The average Bonchev–Trinajstić information content (AvgIpc) is 3.57. The Hall–Kier alpha value is -3.72. The fraction of sp³-hybridized carbons (Fsp3) is 0.229. The lowest BCUT2D eigenvalue weighted by molar-refractivity contribution is -0.121. The number of carbonyl (C=O) groups is 1. The van der Waals surface area contributed by atoms with Gasteiger partial charge in [-0.15, -0.1) is 11.3 Å². The quantitative estimate of drug-likeness (QED) is 0.238. The minimum Gasteiger partial charge on any atom is -0.344 e. The van der Waals surface area contributed by atoms with E-state index in [0.717, 1.165) is 17.8 Å². The lowest BCUT2D eigenvalue weighted by Crippen LogP contribution is -2.33. The van der Waals surface area contributed by atoms with Crippen molar-refractivity contribution in [2.24, 2.45) is 0 Å². The van der Waals surface area contributed by atoms with Gasteiger partial charge in [0.2, 0.25) is 0 Å². The number of thiazole rings is 1. The summed E-state index contributed by atoms with van der Waals surface area (Å²) in [7, 11) is 0. The summed E-state index contributed by atoms with van der Waals surface area (Å²) in [4.78, 5) is 31.6. The van der Waals surface area contributed by atoms with Gasteiger partial charge >= 0.3 is 0 Å². The molecule has 1 aromatic heterocycles. The highest BCUT2D eigenvalue weighted by Crippen LogP contribution is 2.48. The Labute approximate surface area is 265 Å². The highest BCUT2D eigenvalue weighted by Gasteiger charge is 2.39. The van der Waals surface area contributed by atoms with E-state index < -0.39 is 0 Å². The summed E-state index contributed by atoms with van der Waals surface area (Å²) < 4.78 is 3.48. The maximum absolute atomic E-state index is 13.6. The van der Waals surface area contributed by atoms with Crippen LogP contribution in [0.2, 0.25) is 0 Å². The lowest BCUT2D eigenvalue weighted by Gasteiger charge is -2.25. The van der Waals surface area contributed by atoms with Crippen molar-refractivity contribution in [1.29, 1.82) is 0 Å². The smallest absolute Gasteiger partial charge is 0.269 e. The maximum Gasteiger partial charge on any atom is 0.269 e. The number of thiocarbonyl (C=S) groups is 1. The molecule has 2 aliphatic heterocycles. The molecule has 8 heteroatoms. The highest BCUT2D eigenvalue weighted by molar-refractivity contribution is 8.30. The summed E-state index contributed by atoms with van der Waals surface area (Å²) in [5, 5.41) is 0. The number of benzene rings is 3. The van der Waals surface area contributed by atoms with Crippen molar-refractivity contribution in [1.82, 2.24) is 9.47 Å². The topological polar surface area (TPSA) is 45.5 Å². The Morgan fingerprint density at radius 1 is 0.837 bits per heavy atom. The van der Waals surface area contributed by atoms with Crippen LogP contribution in [0.1, 0.15) is 38.8 Å². The van der Waals surface area contributed by atoms with Crippen molar-refractivity contribution >= 4 is 62.2 Å². The number of aromatic nitrogens is 1. The van der Waals surface area contributed by atoms with Crippen molar-refractivity contribution in [2.45, 2.75) is 46.2 Å². The molecule has 0 saturated carbocycles. The van der Waals surface area contributed by atoms with E-state index in [4.69, 9.17) is 12.2 Å². The number of allylic oxidation sites excluding steroid dienone is 2. The Morgan fingerprint density at radius 2 is 1.53 bits per heavy atom. The van der Waals surface area contributed by atoms with Gasteiger partial charge in [-0.2, -0.15) is 0 Å². The van der Waals surface area contributed by atoms with Crippen LogP contribution in [0.15, 0.2) is 95.4 Å². The van der Waals surface area contributed by atoms with Gasteiger partial charge in [0, 0.05) is 29.9 Å². The molecule has 2 aliphatic rings. The molecule has 0 aliphatic carbocycles. The highest BCUT2D eigenvalue weighted by atomic mass is 32.2. The fourth-order valence-electron chi connectivity index (χ4n) is 5.90. The molecule has 0 atom stereocenters. The number of amides is 1. The van der Waals surface area contributed by atoms with Gasteiger partial charge in [-0.3, -0.25) is 19.1 Å². The molecule has 6 rings (SSSR count). The van der Waals surface area contributed by atoms with E-state index in [-0.39, 0.29) is 16.9 Å². The van der Waals surface area contributed by atoms with Crippen molar-refractivity contribution < 1.29 is 4.79 Å². The number of thioether (sulfide) groups is 1. The molecule has 1 saturated heterocycles. The van der Waals surface area contributed by atoms with E-state index >= 15 is 0 Å². The molecule has 5 nitrogen and oxygen atoms in total. The summed E-state index contributed by atoms with van der Waals surface area (Å²) in [5.74, 6) is -0.147. The minimum absolute atomic E-state index is 0.0876. The predicted molar refractivity (Wildman–Crippen MR) is 185 cm³/mol. The minimum atomic E-state index is -0.257. The first kappa shape index (κ1) is 29.4. The largest absolute Gasteiger partial charge is 0.344 e. The molecule has 0 spiro atoms. The molecule has 0 radical (unpaired) electrons. The Balaban J connectivity index is 1.40. The third-order valence-electron chi connectivity index (χ3n) is 8.16. The van der Waals surface area contributed by atoms with Crippen molar-refractivity contribution in [2.75, 3.05) is 11.4 Å². The molecule has 218 valence electrons. The molecule has 0 unspecified atom stereocenters. The van der Waals surface area contributed by atoms with Crippen LogP contribution in [-0.2, 0) is 23.3 Å². The molecule has 0 bridgehead atoms. The first-order chi connectivity index (χ1) is 20.7. The summed E-state index contributed by atoms with van der Waals surface area (Å²) in [6.07, 6.45) is 4.01.